The summed E-state index contributed by atoms with van der Waals surface area (Å²) in [4.78, 5) is 0. The molecule has 0 saturated heterocycles. The van der Waals surface area contributed by atoms with Gasteiger partial charge < -0.3 is 5.84 Å². The smallest absolute Gasteiger partial charge is 0.123 e. The van der Waals surface area contributed by atoms with Crippen molar-refractivity contribution in [2.75, 3.05) is 5.75 Å². The molecule has 0 atom stereocenters. The van der Waals surface area contributed by atoms with Crippen molar-refractivity contribution in [2.24, 2.45) is 10.9 Å². The van der Waals surface area contributed by atoms with E-state index in [2.05, 4.69) is 24.2 Å². The van der Waals surface area contributed by atoms with E-state index in [1.165, 1.54) is 17.7 Å². The molecule has 0 aromatic heterocycles. The Kier molecular flexibility index (Phi) is 5.18. The summed E-state index contributed by atoms with van der Waals surface area (Å²) in [7, 11) is 0. The normalized spacial score (nSPS) is 11.6. The Morgan fingerprint density at radius 3 is 2.10 bits per heavy atom. The SMILES string of the molecule is CCSCc1ccc(C(=NN)c2ccc(F)cc2)cc1. The van der Waals surface area contributed by atoms with E-state index in [-0.39, 0.29) is 5.82 Å². The van der Waals surface area contributed by atoms with Crippen LogP contribution in [-0.4, -0.2) is 11.5 Å². The van der Waals surface area contributed by atoms with Crippen molar-refractivity contribution in [1.82, 2.24) is 0 Å². The van der Waals surface area contributed by atoms with Crippen molar-refractivity contribution in [3.63, 3.8) is 0 Å². The number of thioether (sulfide) groups is 1. The fourth-order valence-corrected chi connectivity index (χ4v) is 2.53. The van der Waals surface area contributed by atoms with Gasteiger partial charge in [0.25, 0.3) is 0 Å². The standard InChI is InChI=1S/C16H17FN2S/c1-2-20-11-12-3-5-13(6-4-12)16(19-18)14-7-9-15(17)10-8-14/h3-10H,2,11,18H2,1H3. The van der Waals surface area contributed by atoms with Crippen LogP contribution in [0.3, 0.4) is 0 Å². The molecule has 4 heteroatoms. The highest BCUT2D eigenvalue weighted by Crippen LogP contribution is 2.16. The number of halogens is 1. The largest absolute Gasteiger partial charge is 0.323 e. The Hall–Kier alpha value is -1.81. The fourth-order valence-electron chi connectivity index (χ4n) is 1.90. The fraction of sp³-hybridized carbons (Fsp3) is 0.188. The van der Waals surface area contributed by atoms with Crippen LogP contribution in [0.1, 0.15) is 23.6 Å². The minimum atomic E-state index is -0.267. The molecule has 0 aliphatic heterocycles. The minimum absolute atomic E-state index is 0.267. The second kappa shape index (κ2) is 7.10. The number of benzene rings is 2. The van der Waals surface area contributed by atoms with Gasteiger partial charge in [0.15, 0.2) is 0 Å². The predicted molar refractivity (Wildman–Crippen MR) is 84.5 cm³/mol. The monoisotopic (exact) mass is 288 g/mol. The van der Waals surface area contributed by atoms with Crippen molar-refractivity contribution in [3.8, 4) is 0 Å². The molecule has 0 heterocycles. The van der Waals surface area contributed by atoms with E-state index in [0.29, 0.717) is 5.71 Å². The van der Waals surface area contributed by atoms with Gasteiger partial charge in [-0.15, -0.1) is 0 Å². The molecule has 2 nitrogen and oxygen atoms in total. The molecule has 0 bridgehead atoms. The van der Waals surface area contributed by atoms with Gasteiger partial charge in [-0.25, -0.2) is 4.39 Å². The Morgan fingerprint density at radius 2 is 1.60 bits per heavy atom. The molecule has 0 aliphatic rings. The van der Waals surface area contributed by atoms with E-state index in [9.17, 15) is 4.39 Å². The summed E-state index contributed by atoms with van der Waals surface area (Å²) in [6.45, 7) is 2.15. The van der Waals surface area contributed by atoms with Gasteiger partial charge in [0, 0.05) is 16.9 Å². The molecule has 0 fully saturated rings. The zero-order chi connectivity index (χ0) is 14.4. The van der Waals surface area contributed by atoms with Crippen LogP contribution in [0.2, 0.25) is 0 Å². The molecule has 2 aromatic carbocycles. The van der Waals surface area contributed by atoms with Crippen LogP contribution in [0, 0.1) is 5.82 Å². The van der Waals surface area contributed by atoms with Crippen molar-refractivity contribution in [2.45, 2.75) is 12.7 Å². The Labute approximate surface area is 122 Å². The quantitative estimate of drug-likeness (QED) is 0.516. The maximum absolute atomic E-state index is 13.0. The van der Waals surface area contributed by atoms with Crippen molar-refractivity contribution in [1.29, 1.82) is 0 Å². The lowest BCUT2D eigenvalue weighted by Crippen LogP contribution is -2.06. The first-order chi connectivity index (χ1) is 9.74. The Morgan fingerprint density at radius 1 is 1.05 bits per heavy atom. The lowest BCUT2D eigenvalue weighted by atomic mass is 10.0. The number of nitrogens with zero attached hydrogens (tertiary/aromatic N) is 1. The van der Waals surface area contributed by atoms with E-state index < -0.39 is 0 Å². The van der Waals surface area contributed by atoms with Crippen LogP contribution >= 0.6 is 11.8 Å². The highest BCUT2D eigenvalue weighted by Gasteiger charge is 2.07. The highest BCUT2D eigenvalue weighted by atomic mass is 32.2. The van der Waals surface area contributed by atoms with Crippen LogP contribution in [0.15, 0.2) is 53.6 Å². The average Bonchev–Trinajstić information content (AvgIpc) is 2.49. The number of rotatable bonds is 5. The third-order valence-corrected chi connectivity index (χ3v) is 3.89. The molecule has 0 amide bonds. The second-order valence-electron chi connectivity index (χ2n) is 4.32. The van der Waals surface area contributed by atoms with Crippen molar-refractivity contribution in [3.05, 3.63) is 71.0 Å². The van der Waals surface area contributed by atoms with E-state index >= 15 is 0 Å². The average molecular weight is 288 g/mol. The molecule has 2 aromatic rings. The van der Waals surface area contributed by atoms with Gasteiger partial charge in [-0.2, -0.15) is 16.9 Å². The van der Waals surface area contributed by atoms with Crippen molar-refractivity contribution >= 4 is 17.5 Å². The van der Waals surface area contributed by atoms with Gasteiger partial charge in [-0.1, -0.05) is 31.2 Å². The summed E-state index contributed by atoms with van der Waals surface area (Å²) in [5, 5.41) is 3.84. The maximum atomic E-state index is 13.0. The van der Waals surface area contributed by atoms with Gasteiger partial charge in [-0.05, 0) is 35.6 Å². The molecular weight excluding hydrogens is 271 g/mol. The summed E-state index contributed by atoms with van der Waals surface area (Å²) in [5.74, 6) is 7.32. The molecule has 20 heavy (non-hydrogen) atoms. The summed E-state index contributed by atoms with van der Waals surface area (Å²) >= 11 is 1.88. The molecule has 2 rings (SSSR count). The molecule has 0 radical (unpaired) electrons. The minimum Gasteiger partial charge on any atom is -0.323 e. The van der Waals surface area contributed by atoms with Gasteiger partial charge >= 0.3 is 0 Å². The van der Waals surface area contributed by atoms with Crippen LogP contribution in [-0.2, 0) is 5.75 Å². The molecule has 0 aliphatic carbocycles. The first-order valence-electron chi connectivity index (χ1n) is 6.45. The lowest BCUT2D eigenvalue weighted by Gasteiger charge is -2.07. The zero-order valence-electron chi connectivity index (χ0n) is 11.3. The summed E-state index contributed by atoms with van der Waals surface area (Å²) in [6.07, 6.45) is 0. The number of hydrazone groups is 1. The lowest BCUT2D eigenvalue weighted by molar-refractivity contribution is 0.628. The van der Waals surface area contributed by atoms with Gasteiger partial charge in [0.1, 0.15) is 5.82 Å². The summed E-state index contributed by atoms with van der Waals surface area (Å²) in [5.41, 5.74) is 3.68. The molecule has 0 saturated carbocycles. The highest BCUT2D eigenvalue weighted by molar-refractivity contribution is 7.98. The predicted octanol–water partition coefficient (Wildman–Crippen LogP) is 3.79. The molecule has 2 N–H and O–H groups in total. The van der Waals surface area contributed by atoms with Gasteiger partial charge in [-0.3, -0.25) is 0 Å². The summed E-state index contributed by atoms with van der Waals surface area (Å²) < 4.78 is 13.0. The molecular formula is C16H17FN2S. The molecule has 0 spiro atoms. The second-order valence-corrected chi connectivity index (χ2v) is 5.59. The van der Waals surface area contributed by atoms with Crippen LogP contribution in [0.4, 0.5) is 4.39 Å². The zero-order valence-corrected chi connectivity index (χ0v) is 12.2. The van der Waals surface area contributed by atoms with E-state index in [4.69, 9.17) is 5.84 Å². The summed E-state index contributed by atoms with van der Waals surface area (Å²) in [6, 6.07) is 14.3. The molecule has 104 valence electrons. The van der Waals surface area contributed by atoms with E-state index in [1.54, 1.807) is 12.1 Å². The third-order valence-electron chi connectivity index (χ3n) is 2.95. The number of hydrogen-bond acceptors (Lipinski definition) is 3. The molecule has 0 unspecified atom stereocenters. The van der Waals surface area contributed by atoms with E-state index in [1.807, 2.05) is 23.9 Å². The van der Waals surface area contributed by atoms with Crippen LogP contribution < -0.4 is 5.84 Å². The number of nitrogens with two attached hydrogens (primary N) is 1. The third kappa shape index (κ3) is 3.61. The Balaban J connectivity index is 2.22. The Bertz CT molecular complexity index is 576. The first kappa shape index (κ1) is 14.6. The van der Waals surface area contributed by atoms with Crippen LogP contribution in [0.5, 0.6) is 0 Å². The number of hydrogen-bond donors (Lipinski definition) is 1. The topological polar surface area (TPSA) is 38.4 Å². The van der Waals surface area contributed by atoms with Gasteiger partial charge in [0.05, 0.1) is 5.71 Å². The van der Waals surface area contributed by atoms with Crippen molar-refractivity contribution < 1.29 is 4.39 Å². The first-order valence-corrected chi connectivity index (χ1v) is 7.61. The maximum Gasteiger partial charge on any atom is 0.123 e. The van der Waals surface area contributed by atoms with Crippen LogP contribution in [0.25, 0.3) is 0 Å². The van der Waals surface area contributed by atoms with Gasteiger partial charge in [0.2, 0.25) is 0 Å². The van der Waals surface area contributed by atoms with E-state index in [0.717, 1.165) is 22.6 Å².